The molecule has 0 atom stereocenters. The molecule has 0 unspecified atom stereocenters. The zero-order valence-corrected chi connectivity index (χ0v) is 16.5. The van der Waals surface area contributed by atoms with E-state index in [0.29, 0.717) is 30.8 Å². The minimum absolute atomic E-state index is 0.0264. The predicted molar refractivity (Wildman–Crippen MR) is 102 cm³/mol. The molecule has 27 heavy (non-hydrogen) atoms. The Morgan fingerprint density at radius 3 is 2.41 bits per heavy atom. The Bertz CT molecular complexity index is 897. The summed E-state index contributed by atoms with van der Waals surface area (Å²) in [6.45, 7) is 3.96. The van der Waals surface area contributed by atoms with Crippen LogP contribution in [-0.4, -0.2) is 30.9 Å². The van der Waals surface area contributed by atoms with Gasteiger partial charge >= 0.3 is 0 Å². The Balaban J connectivity index is 2.56. The predicted octanol–water partition coefficient (Wildman–Crippen LogP) is 2.98. The Morgan fingerprint density at radius 2 is 1.85 bits per heavy atom. The summed E-state index contributed by atoms with van der Waals surface area (Å²) in [5, 5.41) is 0. The summed E-state index contributed by atoms with van der Waals surface area (Å²) >= 11 is 0. The number of halogens is 1. The molecule has 2 aromatic rings. The largest absolute Gasteiger partial charge is 0.303 e. The third-order valence-corrected chi connectivity index (χ3v) is 4.66. The number of hydrogen-bond donors (Lipinski definition) is 1. The SMILES string of the molecule is CC(C)c1nc(CNS(C)(=O)=O)nc(-c2ccc(F)cc2)c1CCCC=O. The van der Waals surface area contributed by atoms with Crippen LogP contribution >= 0.6 is 0 Å². The second-order valence-electron chi connectivity index (χ2n) is 6.67. The molecule has 0 saturated heterocycles. The Hall–Kier alpha value is -2.19. The highest BCUT2D eigenvalue weighted by Gasteiger charge is 2.18. The van der Waals surface area contributed by atoms with Gasteiger partial charge in [-0.15, -0.1) is 0 Å². The molecular weight excluding hydrogens is 369 g/mol. The second kappa shape index (κ2) is 9.14. The molecule has 0 fully saturated rings. The van der Waals surface area contributed by atoms with Gasteiger partial charge in [0.25, 0.3) is 0 Å². The van der Waals surface area contributed by atoms with Crippen LogP contribution in [0, 0.1) is 5.82 Å². The molecule has 0 aliphatic carbocycles. The lowest BCUT2D eigenvalue weighted by molar-refractivity contribution is -0.107. The van der Waals surface area contributed by atoms with Gasteiger partial charge in [-0.2, -0.15) is 0 Å². The number of carbonyl (C=O) groups is 1. The molecule has 0 saturated carbocycles. The molecule has 146 valence electrons. The summed E-state index contributed by atoms with van der Waals surface area (Å²) in [7, 11) is -3.38. The highest BCUT2D eigenvalue weighted by atomic mass is 32.2. The van der Waals surface area contributed by atoms with Crippen LogP contribution in [0.4, 0.5) is 4.39 Å². The molecule has 1 aromatic heterocycles. The van der Waals surface area contributed by atoms with Crippen molar-refractivity contribution in [3.63, 3.8) is 0 Å². The number of nitrogens with one attached hydrogen (secondary N) is 1. The van der Waals surface area contributed by atoms with Gasteiger partial charge in [0.1, 0.15) is 17.9 Å². The summed E-state index contributed by atoms with van der Waals surface area (Å²) in [5.41, 5.74) is 3.08. The second-order valence-corrected chi connectivity index (χ2v) is 8.50. The van der Waals surface area contributed by atoms with E-state index in [9.17, 15) is 17.6 Å². The maximum atomic E-state index is 13.3. The third-order valence-electron chi connectivity index (χ3n) is 3.99. The van der Waals surface area contributed by atoms with Gasteiger partial charge in [0.2, 0.25) is 10.0 Å². The van der Waals surface area contributed by atoms with Crippen molar-refractivity contribution in [3.05, 3.63) is 47.2 Å². The van der Waals surface area contributed by atoms with Gasteiger partial charge in [-0.05, 0) is 43.0 Å². The van der Waals surface area contributed by atoms with Gasteiger partial charge < -0.3 is 4.79 Å². The fourth-order valence-electron chi connectivity index (χ4n) is 2.76. The molecular formula is C19H24FN3O3S. The van der Waals surface area contributed by atoms with Crippen molar-refractivity contribution in [1.29, 1.82) is 0 Å². The maximum absolute atomic E-state index is 13.3. The van der Waals surface area contributed by atoms with Gasteiger partial charge in [-0.3, -0.25) is 0 Å². The fourth-order valence-corrected chi connectivity index (χ4v) is 3.15. The van der Waals surface area contributed by atoms with E-state index in [-0.39, 0.29) is 18.3 Å². The smallest absolute Gasteiger partial charge is 0.209 e. The molecule has 2 rings (SSSR count). The molecule has 1 N–H and O–H groups in total. The quantitative estimate of drug-likeness (QED) is 0.523. The van der Waals surface area contributed by atoms with E-state index < -0.39 is 10.0 Å². The monoisotopic (exact) mass is 393 g/mol. The lowest BCUT2D eigenvalue weighted by Crippen LogP contribution is -2.23. The van der Waals surface area contributed by atoms with Crippen LogP contribution in [0.25, 0.3) is 11.3 Å². The van der Waals surface area contributed by atoms with E-state index in [1.165, 1.54) is 12.1 Å². The average Bonchev–Trinajstić information content (AvgIpc) is 2.60. The van der Waals surface area contributed by atoms with Gasteiger partial charge in [-0.1, -0.05) is 13.8 Å². The van der Waals surface area contributed by atoms with Crippen molar-refractivity contribution in [2.45, 2.75) is 45.6 Å². The van der Waals surface area contributed by atoms with Crippen molar-refractivity contribution in [2.75, 3.05) is 6.26 Å². The number of benzene rings is 1. The molecule has 8 heteroatoms. The zero-order valence-electron chi connectivity index (χ0n) is 15.7. The highest BCUT2D eigenvalue weighted by Crippen LogP contribution is 2.29. The summed E-state index contributed by atoms with van der Waals surface area (Å²) in [4.78, 5) is 19.8. The van der Waals surface area contributed by atoms with Crippen molar-refractivity contribution in [1.82, 2.24) is 14.7 Å². The molecule has 0 bridgehead atoms. The molecule has 0 amide bonds. The first-order valence-corrected chi connectivity index (χ1v) is 10.6. The Labute approximate surface area is 159 Å². The minimum Gasteiger partial charge on any atom is -0.303 e. The van der Waals surface area contributed by atoms with Gasteiger partial charge in [0.15, 0.2) is 0 Å². The molecule has 6 nitrogen and oxygen atoms in total. The standard InChI is InChI=1S/C19H24FN3O3S/c1-13(2)18-16(6-4-5-11-24)19(14-7-9-15(20)10-8-14)23-17(22-18)12-21-27(3,25)26/h7-11,13,21H,4-6,12H2,1-3H3. The average molecular weight is 393 g/mol. The van der Waals surface area contributed by atoms with E-state index in [4.69, 9.17) is 0 Å². The van der Waals surface area contributed by atoms with Crippen LogP contribution in [0.3, 0.4) is 0 Å². The van der Waals surface area contributed by atoms with E-state index in [1.807, 2.05) is 13.8 Å². The van der Waals surface area contributed by atoms with E-state index in [2.05, 4.69) is 14.7 Å². The number of aromatic nitrogens is 2. The van der Waals surface area contributed by atoms with Crippen LogP contribution in [0.2, 0.25) is 0 Å². The normalized spacial score (nSPS) is 11.7. The first-order chi connectivity index (χ1) is 12.7. The molecule has 1 aromatic carbocycles. The maximum Gasteiger partial charge on any atom is 0.209 e. The lowest BCUT2D eigenvalue weighted by atomic mass is 9.94. The number of carbonyl (C=O) groups excluding carboxylic acids is 1. The van der Waals surface area contributed by atoms with Crippen LogP contribution in [-0.2, 0) is 27.8 Å². The summed E-state index contributed by atoms with van der Waals surface area (Å²) in [6.07, 6.45) is 3.64. The topological polar surface area (TPSA) is 89.0 Å². The van der Waals surface area contributed by atoms with Crippen molar-refractivity contribution in [3.8, 4) is 11.3 Å². The molecule has 0 spiro atoms. The van der Waals surface area contributed by atoms with E-state index in [0.717, 1.165) is 29.4 Å². The molecule has 0 aliphatic rings. The number of hydrogen-bond acceptors (Lipinski definition) is 5. The summed E-state index contributed by atoms with van der Waals surface area (Å²) in [5.74, 6) is 0.0800. The molecule has 0 aliphatic heterocycles. The first kappa shape index (κ1) is 21.1. The highest BCUT2D eigenvalue weighted by molar-refractivity contribution is 7.88. The summed E-state index contributed by atoms with van der Waals surface area (Å²) < 4.78 is 38.6. The number of sulfonamides is 1. The first-order valence-electron chi connectivity index (χ1n) is 8.75. The van der Waals surface area contributed by atoms with Gasteiger partial charge in [0.05, 0.1) is 24.2 Å². The number of aldehydes is 1. The van der Waals surface area contributed by atoms with Crippen LogP contribution < -0.4 is 4.72 Å². The van der Waals surface area contributed by atoms with E-state index >= 15 is 0 Å². The van der Waals surface area contributed by atoms with E-state index in [1.54, 1.807) is 12.1 Å². The minimum atomic E-state index is -3.38. The van der Waals surface area contributed by atoms with Crippen LogP contribution in [0.15, 0.2) is 24.3 Å². The van der Waals surface area contributed by atoms with Crippen LogP contribution in [0.1, 0.15) is 49.7 Å². The molecule has 0 radical (unpaired) electrons. The van der Waals surface area contributed by atoms with Crippen molar-refractivity contribution < 1.29 is 17.6 Å². The van der Waals surface area contributed by atoms with Crippen molar-refractivity contribution in [2.24, 2.45) is 0 Å². The number of nitrogens with zero attached hydrogens (tertiary/aromatic N) is 2. The lowest BCUT2D eigenvalue weighted by Gasteiger charge is -2.18. The molecule has 1 heterocycles. The van der Waals surface area contributed by atoms with Crippen molar-refractivity contribution >= 4 is 16.3 Å². The Kier molecular flexibility index (Phi) is 7.15. The van der Waals surface area contributed by atoms with Crippen LogP contribution in [0.5, 0.6) is 0 Å². The summed E-state index contributed by atoms with van der Waals surface area (Å²) in [6, 6.07) is 5.99. The zero-order chi connectivity index (χ0) is 20.0. The third kappa shape index (κ3) is 6.18. The fraction of sp³-hybridized carbons (Fsp3) is 0.421. The van der Waals surface area contributed by atoms with Gasteiger partial charge in [-0.25, -0.2) is 27.5 Å². The number of rotatable bonds is 9. The van der Waals surface area contributed by atoms with Gasteiger partial charge in [0, 0.05) is 17.5 Å². The number of unbranched alkanes of at least 4 members (excludes halogenated alkanes) is 1. The Morgan fingerprint density at radius 1 is 1.19 bits per heavy atom.